The Bertz CT molecular complexity index is 473. The predicted molar refractivity (Wildman–Crippen MR) is 67.6 cm³/mol. The number of carbonyl (C=O) groups excluding carboxylic acids is 1. The quantitative estimate of drug-likeness (QED) is 0.839. The van der Waals surface area contributed by atoms with Crippen molar-refractivity contribution in [3.05, 3.63) is 29.8 Å². The van der Waals surface area contributed by atoms with Crippen LogP contribution in [0, 0.1) is 0 Å². The smallest absolute Gasteiger partial charge is 0.305 e. The molecule has 5 heteroatoms. The number of carbonyl (C=O) groups is 2. The molecule has 1 unspecified atom stereocenters. The molecule has 3 N–H and O–H groups in total. The van der Waals surface area contributed by atoms with Gasteiger partial charge in [0.25, 0.3) is 5.91 Å². The summed E-state index contributed by atoms with van der Waals surface area (Å²) in [6.07, 6.45) is 1.86. The van der Waals surface area contributed by atoms with E-state index in [4.69, 9.17) is 10.8 Å². The lowest BCUT2D eigenvalue weighted by Gasteiger charge is -2.27. The van der Waals surface area contributed by atoms with Crippen molar-refractivity contribution >= 4 is 17.6 Å². The first-order valence-electron chi connectivity index (χ1n) is 5.97. The Morgan fingerprint density at radius 3 is 2.78 bits per heavy atom. The Balaban J connectivity index is 2.30. The summed E-state index contributed by atoms with van der Waals surface area (Å²) in [5, 5.41) is 8.90. The molecule has 1 aromatic carbocycles. The van der Waals surface area contributed by atoms with Crippen LogP contribution >= 0.6 is 0 Å². The van der Waals surface area contributed by atoms with Crippen LogP contribution in [-0.2, 0) is 4.79 Å². The number of hydrogen-bond acceptors (Lipinski definition) is 3. The summed E-state index contributed by atoms with van der Waals surface area (Å²) >= 11 is 0. The van der Waals surface area contributed by atoms with Gasteiger partial charge in [-0.3, -0.25) is 9.59 Å². The van der Waals surface area contributed by atoms with Gasteiger partial charge in [0, 0.05) is 18.3 Å². The lowest BCUT2D eigenvalue weighted by atomic mass is 10.1. The summed E-state index contributed by atoms with van der Waals surface area (Å²) < 4.78 is 0. The summed E-state index contributed by atoms with van der Waals surface area (Å²) in [4.78, 5) is 24.2. The van der Waals surface area contributed by atoms with Gasteiger partial charge in [-0.15, -0.1) is 0 Å². The highest BCUT2D eigenvalue weighted by Crippen LogP contribution is 2.29. The lowest BCUT2D eigenvalue weighted by molar-refractivity contribution is -0.137. The molecule has 1 atom stereocenters. The molecule has 1 aromatic rings. The molecule has 1 amide bonds. The highest BCUT2D eigenvalue weighted by molar-refractivity contribution is 5.98. The Morgan fingerprint density at radius 1 is 1.39 bits per heavy atom. The molecule has 2 rings (SSSR count). The van der Waals surface area contributed by atoms with Crippen LogP contribution in [0.4, 0.5) is 5.69 Å². The van der Waals surface area contributed by atoms with E-state index in [0.29, 0.717) is 5.56 Å². The maximum atomic E-state index is 11.4. The van der Waals surface area contributed by atoms with E-state index in [0.717, 1.165) is 25.1 Å². The summed E-state index contributed by atoms with van der Waals surface area (Å²) in [6, 6.07) is 7.03. The van der Waals surface area contributed by atoms with Crippen molar-refractivity contribution in [2.45, 2.75) is 25.3 Å². The molecule has 18 heavy (non-hydrogen) atoms. The first kappa shape index (κ1) is 12.4. The van der Waals surface area contributed by atoms with Gasteiger partial charge in [-0.05, 0) is 25.0 Å². The highest BCUT2D eigenvalue weighted by atomic mass is 16.4. The molecule has 0 aliphatic carbocycles. The standard InChI is InChI=1S/C13H16N2O3/c14-13(18)10-5-1-2-6-11(10)15-7-3-4-9(15)8-12(16)17/h1-2,5-6,9H,3-4,7-8H2,(H2,14,18)(H,16,17). The molecule has 0 radical (unpaired) electrons. The number of rotatable bonds is 4. The average molecular weight is 248 g/mol. The van der Waals surface area contributed by atoms with Gasteiger partial charge in [-0.1, -0.05) is 12.1 Å². The number of para-hydroxylation sites is 1. The van der Waals surface area contributed by atoms with Crippen molar-refractivity contribution in [3.8, 4) is 0 Å². The van der Waals surface area contributed by atoms with E-state index in [2.05, 4.69) is 0 Å². The van der Waals surface area contributed by atoms with Crippen LogP contribution in [0.2, 0.25) is 0 Å². The maximum absolute atomic E-state index is 11.4. The molecule has 1 heterocycles. The molecular formula is C13H16N2O3. The third-order valence-corrected chi connectivity index (χ3v) is 3.27. The average Bonchev–Trinajstić information content (AvgIpc) is 2.76. The van der Waals surface area contributed by atoms with E-state index < -0.39 is 11.9 Å². The first-order valence-corrected chi connectivity index (χ1v) is 5.97. The molecule has 5 nitrogen and oxygen atoms in total. The van der Waals surface area contributed by atoms with Gasteiger partial charge < -0.3 is 15.7 Å². The van der Waals surface area contributed by atoms with Gasteiger partial charge in [0.05, 0.1) is 12.0 Å². The van der Waals surface area contributed by atoms with Gasteiger partial charge in [0.1, 0.15) is 0 Å². The van der Waals surface area contributed by atoms with E-state index >= 15 is 0 Å². The second kappa shape index (κ2) is 5.08. The predicted octanol–water partition coefficient (Wildman–Crippen LogP) is 1.23. The zero-order valence-corrected chi connectivity index (χ0v) is 10.0. The van der Waals surface area contributed by atoms with E-state index in [-0.39, 0.29) is 12.5 Å². The number of anilines is 1. The normalized spacial score (nSPS) is 18.9. The number of nitrogens with zero attached hydrogens (tertiary/aromatic N) is 1. The Kier molecular flexibility index (Phi) is 3.50. The molecule has 1 fully saturated rings. The van der Waals surface area contributed by atoms with Gasteiger partial charge in [-0.2, -0.15) is 0 Å². The second-order valence-electron chi connectivity index (χ2n) is 4.47. The number of amides is 1. The van der Waals surface area contributed by atoms with Crippen LogP contribution in [-0.4, -0.2) is 29.6 Å². The summed E-state index contributed by atoms with van der Waals surface area (Å²) in [6.45, 7) is 0.766. The third-order valence-electron chi connectivity index (χ3n) is 3.27. The van der Waals surface area contributed by atoms with Crippen molar-refractivity contribution in [2.75, 3.05) is 11.4 Å². The fraction of sp³-hybridized carbons (Fsp3) is 0.385. The van der Waals surface area contributed by atoms with E-state index in [1.807, 2.05) is 17.0 Å². The Hall–Kier alpha value is -2.04. The number of carboxylic acids is 1. The molecule has 1 aliphatic rings. The number of nitrogens with two attached hydrogens (primary N) is 1. The minimum absolute atomic E-state index is 0.0528. The number of carboxylic acid groups (broad SMARTS) is 1. The zero-order chi connectivity index (χ0) is 13.1. The third kappa shape index (κ3) is 2.45. The fourth-order valence-corrected chi connectivity index (χ4v) is 2.50. The number of primary amides is 1. The van der Waals surface area contributed by atoms with Crippen LogP contribution in [0.1, 0.15) is 29.6 Å². The van der Waals surface area contributed by atoms with Crippen molar-refractivity contribution < 1.29 is 14.7 Å². The molecular weight excluding hydrogens is 232 g/mol. The van der Waals surface area contributed by atoms with Crippen LogP contribution in [0.5, 0.6) is 0 Å². The molecule has 0 saturated carbocycles. The number of hydrogen-bond donors (Lipinski definition) is 2. The minimum Gasteiger partial charge on any atom is -0.481 e. The monoisotopic (exact) mass is 248 g/mol. The van der Waals surface area contributed by atoms with Crippen molar-refractivity contribution in [1.29, 1.82) is 0 Å². The van der Waals surface area contributed by atoms with Gasteiger partial charge in [-0.25, -0.2) is 0 Å². The molecule has 1 saturated heterocycles. The van der Waals surface area contributed by atoms with E-state index in [1.165, 1.54) is 0 Å². The van der Waals surface area contributed by atoms with Gasteiger partial charge in [0.15, 0.2) is 0 Å². The fourth-order valence-electron chi connectivity index (χ4n) is 2.50. The molecule has 0 spiro atoms. The molecule has 1 aliphatic heterocycles. The Labute approximate surface area is 105 Å². The van der Waals surface area contributed by atoms with Crippen molar-refractivity contribution in [3.63, 3.8) is 0 Å². The van der Waals surface area contributed by atoms with Gasteiger partial charge >= 0.3 is 5.97 Å². The summed E-state index contributed by atoms with van der Waals surface area (Å²) in [5.41, 5.74) is 6.54. The second-order valence-corrected chi connectivity index (χ2v) is 4.47. The zero-order valence-electron chi connectivity index (χ0n) is 10.0. The largest absolute Gasteiger partial charge is 0.481 e. The lowest BCUT2D eigenvalue weighted by Crippen LogP contribution is -2.33. The van der Waals surface area contributed by atoms with Crippen LogP contribution in [0.15, 0.2) is 24.3 Å². The Morgan fingerprint density at radius 2 is 2.11 bits per heavy atom. The van der Waals surface area contributed by atoms with E-state index in [1.54, 1.807) is 12.1 Å². The summed E-state index contributed by atoms with van der Waals surface area (Å²) in [7, 11) is 0. The molecule has 96 valence electrons. The van der Waals surface area contributed by atoms with Crippen molar-refractivity contribution in [1.82, 2.24) is 0 Å². The summed E-state index contributed by atoms with van der Waals surface area (Å²) in [5.74, 6) is -1.30. The highest BCUT2D eigenvalue weighted by Gasteiger charge is 2.28. The minimum atomic E-state index is -0.816. The van der Waals surface area contributed by atoms with Crippen LogP contribution in [0.25, 0.3) is 0 Å². The number of benzene rings is 1. The SMILES string of the molecule is NC(=O)c1ccccc1N1CCCC1CC(=O)O. The number of aliphatic carboxylic acids is 1. The van der Waals surface area contributed by atoms with Gasteiger partial charge in [0.2, 0.25) is 0 Å². The molecule has 0 bridgehead atoms. The van der Waals surface area contributed by atoms with Crippen LogP contribution < -0.4 is 10.6 Å². The van der Waals surface area contributed by atoms with E-state index in [9.17, 15) is 9.59 Å². The first-order chi connectivity index (χ1) is 8.59. The topological polar surface area (TPSA) is 83.6 Å². The van der Waals surface area contributed by atoms with Crippen LogP contribution in [0.3, 0.4) is 0 Å². The van der Waals surface area contributed by atoms with Crippen molar-refractivity contribution in [2.24, 2.45) is 5.73 Å². The molecule has 0 aromatic heterocycles. The maximum Gasteiger partial charge on any atom is 0.305 e.